The highest BCUT2D eigenvalue weighted by atomic mass is 35.5. The first-order chi connectivity index (χ1) is 10.8. The number of hydrogen-bond donors (Lipinski definition) is 1. The van der Waals surface area contributed by atoms with Crippen molar-refractivity contribution in [3.05, 3.63) is 47.5 Å². The summed E-state index contributed by atoms with van der Waals surface area (Å²) in [5.74, 6) is 0.498. The number of carbonyl (C=O) groups excluding carboxylic acids is 1. The van der Waals surface area contributed by atoms with E-state index in [1.807, 2.05) is 45.0 Å². The van der Waals surface area contributed by atoms with Gasteiger partial charge in [0, 0.05) is 21.7 Å². The van der Waals surface area contributed by atoms with Crippen molar-refractivity contribution in [3.8, 4) is 11.5 Å². The molecule has 118 valence electrons. The minimum atomic E-state index is -0.432. The Labute approximate surface area is 139 Å². The molecule has 0 aliphatic heterocycles. The summed E-state index contributed by atoms with van der Waals surface area (Å²) in [6, 6.07) is 12.7. The third-order valence-corrected chi connectivity index (χ3v) is 3.66. The van der Waals surface area contributed by atoms with Crippen LogP contribution in [0.15, 0.2) is 46.9 Å². The zero-order valence-corrected chi connectivity index (χ0v) is 13.9. The molecule has 2 aromatic carbocycles. The van der Waals surface area contributed by atoms with Gasteiger partial charge in [-0.1, -0.05) is 32.4 Å². The van der Waals surface area contributed by atoms with Crippen molar-refractivity contribution >= 4 is 34.3 Å². The van der Waals surface area contributed by atoms with E-state index in [1.165, 1.54) is 0 Å². The van der Waals surface area contributed by atoms with Gasteiger partial charge in [-0.05, 0) is 42.5 Å². The Kier molecular flexibility index (Phi) is 3.86. The summed E-state index contributed by atoms with van der Waals surface area (Å²) >= 11 is 5.96. The van der Waals surface area contributed by atoms with E-state index in [0.29, 0.717) is 16.5 Å². The van der Waals surface area contributed by atoms with E-state index in [9.17, 15) is 4.79 Å². The molecule has 0 radical (unpaired) electrons. The Balaban J connectivity index is 1.85. The maximum absolute atomic E-state index is 12.0. The van der Waals surface area contributed by atoms with Gasteiger partial charge in [0.2, 0.25) is 11.8 Å². The summed E-state index contributed by atoms with van der Waals surface area (Å²) < 4.78 is 5.73. The molecule has 1 aromatic heterocycles. The third kappa shape index (κ3) is 3.37. The molecule has 0 aliphatic carbocycles. The lowest BCUT2D eigenvalue weighted by molar-refractivity contribution is -0.123. The lowest BCUT2D eigenvalue weighted by atomic mass is 9.95. The van der Waals surface area contributed by atoms with Crippen LogP contribution in [0.2, 0.25) is 5.02 Å². The van der Waals surface area contributed by atoms with Crippen molar-refractivity contribution in [3.63, 3.8) is 0 Å². The standard InChI is InChI=1S/C18H17ClN2O2/c1-18(2,3)17(22)20-13-7-4-11(5-8-13)16-21-14-10-12(19)6-9-15(14)23-16/h4-10H,1-3H3,(H,20,22). The fourth-order valence-corrected chi connectivity index (χ4v) is 2.21. The molecular weight excluding hydrogens is 312 g/mol. The zero-order valence-electron chi connectivity index (χ0n) is 13.2. The highest BCUT2D eigenvalue weighted by Gasteiger charge is 2.21. The Morgan fingerprint density at radius 1 is 1.13 bits per heavy atom. The maximum atomic E-state index is 12.0. The zero-order chi connectivity index (χ0) is 16.6. The fraction of sp³-hybridized carbons (Fsp3) is 0.222. The summed E-state index contributed by atoms with van der Waals surface area (Å²) in [4.78, 5) is 16.4. The smallest absolute Gasteiger partial charge is 0.229 e. The number of rotatable bonds is 2. The number of fused-ring (bicyclic) bond motifs is 1. The van der Waals surface area contributed by atoms with E-state index in [-0.39, 0.29) is 5.91 Å². The summed E-state index contributed by atoms with van der Waals surface area (Å²) in [6.07, 6.45) is 0. The molecule has 0 spiro atoms. The molecule has 0 aliphatic rings. The second-order valence-electron chi connectivity index (χ2n) is 6.41. The van der Waals surface area contributed by atoms with Crippen LogP contribution in [0, 0.1) is 5.41 Å². The van der Waals surface area contributed by atoms with Gasteiger partial charge in [0.05, 0.1) is 0 Å². The molecule has 3 aromatic rings. The number of oxazole rings is 1. The van der Waals surface area contributed by atoms with Crippen LogP contribution in [0.5, 0.6) is 0 Å². The highest BCUT2D eigenvalue weighted by Crippen LogP contribution is 2.27. The van der Waals surface area contributed by atoms with Crippen LogP contribution in [-0.4, -0.2) is 10.9 Å². The molecule has 0 saturated carbocycles. The van der Waals surface area contributed by atoms with Gasteiger partial charge in [-0.25, -0.2) is 4.98 Å². The first kappa shape index (κ1) is 15.6. The lowest BCUT2D eigenvalue weighted by Crippen LogP contribution is -2.27. The predicted molar refractivity (Wildman–Crippen MR) is 92.5 cm³/mol. The molecule has 3 rings (SSSR count). The van der Waals surface area contributed by atoms with Crippen molar-refractivity contribution < 1.29 is 9.21 Å². The topological polar surface area (TPSA) is 55.1 Å². The molecule has 1 amide bonds. The molecule has 0 saturated heterocycles. The Morgan fingerprint density at radius 3 is 2.48 bits per heavy atom. The summed E-state index contributed by atoms with van der Waals surface area (Å²) in [7, 11) is 0. The van der Waals surface area contributed by atoms with Crippen LogP contribution in [-0.2, 0) is 4.79 Å². The Hall–Kier alpha value is -2.33. The minimum absolute atomic E-state index is 0.0262. The first-order valence-electron chi connectivity index (χ1n) is 7.31. The fourth-order valence-electron chi connectivity index (χ4n) is 2.04. The van der Waals surface area contributed by atoms with E-state index in [1.54, 1.807) is 18.2 Å². The summed E-state index contributed by atoms with van der Waals surface area (Å²) in [5.41, 5.74) is 2.56. The van der Waals surface area contributed by atoms with Gasteiger partial charge in [0.1, 0.15) is 5.52 Å². The normalized spacial score (nSPS) is 11.7. The van der Waals surface area contributed by atoms with Gasteiger partial charge < -0.3 is 9.73 Å². The van der Waals surface area contributed by atoms with Crippen LogP contribution in [0.1, 0.15) is 20.8 Å². The molecule has 4 nitrogen and oxygen atoms in total. The second-order valence-corrected chi connectivity index (χ2v) is 6.85. The average molecular weight is 329 g/mol. The number of amides is 1. The quantitative estimate of drug-likeness (QED) is 0.709. The molecule has 23 heavy (non-hydrogen) atoms. The number of halogens is 1. The van der Waals surface area contributed by atoms with E-state index >= 15 is 0 Å². The summed E-state index contributed by atoms with van der Waals surface area (Å²) in [5, 5.41) is 3.51. The number of nitrogens with one attached hydrogen (secondary N) is 1. The maximum Gasteiger partial charge on any atom is 0.229 e. The van der Waals surface area contributed by atoms with Crippen LogP contribution in [0.4, 0.5) is 5.69 Å². The number of anilines is 1. The van der Waals surface area contributed by atoms with Crippen LogP contribution in [0.25, 0.3) is 22.6 Å². The molecule has 1 heterocycles. The van der Waals surface area contributed by atoms with Crippen molar-refractivity contribution in [1.29, 1.82) is 0 Å². The predicted octanol–water partition coefficient (Wildman–Crippen LogP) is 5.13. The molecule has 0 bridgehead atoms. The van der Waals surface area contributed by atoms with Crippen molar-refractivity contribution in [2.45, 2.75) is 20.8 Å². The van der Waals surface area contributed by atoms with E-state index < -0.39 is 5.41 Å². The summed E-state index contributed by atoms with van der Waals surface area (Å²) in [6.45, 7) is 5.63. The van der Waals surface area contributed by atoms with Gasteiger partial charge in [-0.15, -0.1) is 0 Å². The van der Waals surface area contributed by atoms with E-state index in [0.717, 1.165) is 16.8 Å². The van der Waals surface area contributed by atoms with Gasteiger partial charge in [-0.2, -0.15) is 0 Å². The Morgan fingerprint density at radius 2 is 1.83 bits per heavy atom. The second kappa shape index (κ2) is 5.70. The number of aromatic nitrogens is 1. The minimum Gasteiger partial charge on any atom is -0.436 e. The number of hydrogen-bond acceptors (Lipinski definition) is 3. The van der Waals surface area contributed by atoms with Crippen molar-refractivity contribution in [1.82, 2.24) is 4.98 Å². The van der Waals surface area contributed by atoms with Gasteiger partial charge >= 0.3 is 0 Å². The first-order valence-corrected chi connectivity index (χ1v) is 7.69. The van der Waals surface area contributed by atoms with E-state index in [2.05, 4.69) is 10.3 Å². The number of nitrogens with zero attached hydrogens (tertiary/aromatic N) is 1. The Bertz CT molecular complexity index is 861. The highest BCUT2D eigenvalue weighted by molar-refractivity contribution is 6.31. The monoisotopic (exact) mass is 328 g/mol. The number of benzene rings is 2. The molecule has 0 fully saturated rings. The lowest BCUT2D eigenvalue weighted by Gasteiger charge is -2.17. The average Bonchev–Trinajstić information content (AvgIpc) is 2.90. The molecule has 0 atom stereocenters. The van der Waals surface area contributed by atoms with Gasteiger partial charge in [0.25, 0.3) is 0 Å². The van der Waals surface area contributed by atoms with Crippen LogP contribution < -0.4 is 5.32 Å². The SMILES string of the molecule is CC(C)(C)C(=O)Nc1ccc(-c2nc3cc(Cl)ccc3o2)cc1. The third-order valence-electron chi connectivity index (χ3n) is 3.42. The number of carbonyl (C=O) groups is 1. The molecule has 5 heteroatoms. The molecule has 1 N–H and O–H groups in total. The van der Waals surface area contributed by atoms with Crippen LogP contribution >= 0.6 is 11.6 Å². The van der Waals surface area contributed by atoms with Crippen molar-refractivity contribution in [2.24, 2.45) is 5.41 Å². The van der Waals surface area contributed by atoms with Crippen molar-refractivity contribution in [2.75, 3.05) is 5.32 Å². The van der Waals surface area contributed by atoms with E-state index in [4.69, 9.17) is 16.0 Å². The largest absolute Gasteiger partial charge is 0.436 e. The molecular formula is C18H17ClN2O2. The molecule has 0 unspecified atom stereocenters. The van der Waals surface area contributed by atoms with Gasteiger partial charge in [0.15, 0.2) is 5.58 Å². The van der Waals surface area contributed by atoms with Gasteiger partial charge in [-0.3, -0.25) is 4.79 Å². The van der Waals surface area contributed by atoms with Crippen LogP contribution in [0.3, 0.4) is 0 Å².